The van der Waals surface area contributed by atoms with Crippen molar-refractivity contribution in [2.45, 2.75) is 57.3 Å². The van der Waals surface area contributed by atoms with E-state index in [1.807, 2.05) is 0 Å². The Kier molecular flexibility index (Phi) is 7.53. The number of hydrogen-bond acceptors (Lipinski definition) is 5. The lowest BCUT2D eigenvalue weighted by atomic mass is 10.0. The number of carbonyl (C=O) groups excluding carboxylic acids is 5. The number of carbonyl (C=O) groups is 5. The standard InChI is InChI=1S/C29H29FN4O5/c30-21-8-6-19(7-9-21)26(32-25(36)14-17-3-1-2-4-17)28(38)31-15-18-5-10-22-20(13-18)16-34(29(22)39)23-11-12-24(35)33-27(23)37/h5-13,17,23,26H,1-4,14-16H2,(H,31,38)(H,32,36)(H,33,35,37)/t23?,26-/m0/s1. The molecule has 1 fully saturated rings. The number of nitrogens with zero attached hydrogens (tertiary/aromatic N) is 1. The van der Waals surface area contributed by atoms with Crippen LogP contribution < -0.4 is 16.0 Å². The molecule has 1 saturated carbocycles. The van der Waals surface area contributed by atoms with Crippen molar-refractivity contribution < 1.29 is 28.4 Å². The van der Waals surface area contributed by atoms with Crippen LogP contribution in [0.4, 0.5) is 4.39 Å². The molecule has 2 aromatic carbocycles. The number of amides is 5. The van der Waals surface area contributed by atoms with Crippen LogP contribution in [0.2, 0.25) is 0 Å². The average Bonchev–Trinajstić information content (AvgIpc) is 3.54. The molecular weight excluding hydrogens is 503 g/mol. The second-order valence-electron chi connectivity index (χ2n) is 10.2. The number of hydrogen-bond donors (Lipinski definition) is 3. The summed E-state index contributed by atoms with van der Waals surface area (Å²) in [5.41, 5.74) is 2.35. The van der Waals surface area contributed by atoms with E-state index in [4.69, 9.17) is 0 Å². The third-order valence-electron chi connectivity index (χ3n) is 7.47. The molecule has 2 heterocycles. The lowest BCUT2D eigenvalue weighted by Gasteiger charge is -2.25. The molecule has 5 amide bonds. The molecule has 3 aliphatic rings. The Morgan fingerprint density at radius 3 is 2.51 bits per heavy atom. The molecule has 0 spiro atoms. The number of fused-ring (bicyclic) bond motifs is 1. The summed E-state index contributed by atoms with van der Waals surface area (Å²) in [5.74, 6) is -2.18. The molecular formula is C29H29FN4O5. The molecule has 2 aromatic rings. The number of rotatable bonds is 8. The van der Waals surface area contributed by atoms with E-state index in [1.165, 1.54) is 41.3 Å². The number of imide groups is 1. The van der Waals surface area contributed by atoms with Crippen molar-refractivity contribution in [3.05, 3.63) is 82.7 Å². The summed E-state index contributed by atoms with van der Waals surface area (Å²) in [4.78, 5) is 63.9. The third-order valence-corrected chi connectivity index (χ3v) is 7.47. The van der Waals surface area contributed by atoms with Crippen molar-refractivity contribution in [3.63, 3.8) is 0 Å². The fourth-order valence-electron chi connectivity index (χ4n) is 5.42. The maximum Gasteiger partial charge on any atom is 0.255 e. The molecule has 1 aliphatic carbocycles. The van der Waals surface area contributed by atoms with E-state index in [2.05, 4.69) is 16.0 Å². The first-order valence-electron chi connectivity index (χ1n) is 13.1. The zero-order chi connectivity index (χ0) is 27.5. The van der Waals surface area contributed by atoms with Crippen molar-refractivity contribution in [1.82, 2.24) is 20.9 Å². The quantitative estimate of drug-likeness (QED) is 0.451. The number of halogens is 1. The van der Waals surface area contributed by atoms with Gasteiger partial charge >= 0.3 is 0 Å². The number of nitrogens with one attached hydrogen (secondary N) is 3. The average molecular weight is 533 g/mol. The van der Waals surface area contributed by atoms with Crippen molar-refractivity contribution in [3.8, 4) is 0 Å². The van der Waals surface area contributed by atoms with E-state index in [9.17, 15) is 28.4 Å². The molecule has 5 rings (SSSR count). The van der Waals surface area contributed by atoms with Gasteiger partial charge in [-0.15, -0.1) is 0 Å². The highest BCUT2D eigenvalue weighted by Gasteiger charge is 2.37. The van der Waals surface area contributed by atoms with Crippen LogP contribution in [0.15, 0.2) is 54.6 Å². The predicted octanol–water partition coefficient (Wildman–Crippen LogP) is 2.42. The number of benzene rings is 2. The van der Waals surface area contributed by atoms with Gasteiger partial charge in [-0.1, -0.05) is 37.1 Å². The molecule has 39 heavy (non-hydrogen) atoms. The van der Waals surface area contributed by atoms with Crippen LogP contribution in [0.5, 0.6) is 0 Å². The van der Waals surface area contributed by atoms with Gasteiger partial charge in [0.05, 0.1) is 0 Å². The summed E-state index contributed by atoms with van der Waals surface area (Å²) in [6.07, 6.45) is 7.19. The lowest BCUT2D eigenvalue weighted by molar-refractivity contribution is -0.131. The smallest absolute Gasteiger partial charge is 0.255 e. The normalized spacial score (nSPS) is 19.6. The Balaban J connectivity index is 1.25. The van der Waals surface area contributed by atoms with Gasteiger partial charge in [0.1, 0.15) is 17.9 Å². The minimum atomic E-state index is -0.981. The molecule has 0 bridgehead atoms. The minimum Gasteiger partial charge on any atom is -0.350 e. The van der Waals surface area contributed by atoms with Crippen LogP contribution in [0.25, 0.3) is 0 Å². The molecule has 202 valence electrons. The van der Waals surface area contributed by atoms with Gasteiger partial charge in [-0.25, -0.2) is 4.39 Å². The first-order valence-corrected chi connectivity index (χ1v) is 13.1. The summed E-state index contributed by atoms with van der Waals surface area (Å²) < 4.78 is 13.5. The molecule has 2 atom stereocenters. The van der Waals surface area contributed by atoms with E-state index < -0.39 is 35.6 Å². The lowest BCUT2D eigenvalue weighted by Crippen LogP contribution is -2.49. The Bertz CT molecular complexity index is 1350. The molecule has 9 nitrogen and oxygen atoms in total. The molecule has 0 saturated heterocycles. The zero-order valence-corrected chi connectivity index (χ0v) is 21.2. The van der Waals surface area contributed by atoms with Crippen molar-refractivity contribution >= 4 is 29.5 Å². The van der Waals surface area contributed by atoms with Gasteiger partial charge in [-0.3, -0.25) is 29.3 Å². The summed E-state index contributed by atoms with van der Waals surface area (Å²) in [7, 11) is 0. The molecule has 10 heteroatoms. The topological polar surface area (TPSA) is 125 Å². The van der Waals surface area contributed by atoms with E-state index in [1.54, 1.807) is 18.2 Å². The van der Waals surface area contributed by atoms with Gasteiger partial charge in [-0.05, 0) is 59.7 Å². The maximum atomic E-state index is 13.5. The second kappa shape index (κ2) is 11.2. The SMILES string of the molecule is O=C1C=CC(N2Cc3cc(CNC(=O)[C@@H](NC(=O)CC4CCCC4)c4ccc(F)cc4)ccc3C2=O)C(=O)N1. The Morgan fingerprint density at radius 1 is 1.05 bits per heavy atom. The van der Waals surface area contributed by atoms with E-state index >= 15 is 0 Å². The fourth-order valence-corrected chi connectivity index (χ4v) is 5.42. The van der Waals surface area contributed by atoms with Gasteiger partial charge in [0.2, 0.25) is 17.7 Å². The van der Waals surface area contributed by atoms with Crippen molar-refractivity contribution in [1.29, 1.82) is 0 Å². The van der Waals surface area contributed by atoms with Crippen LogP contribution in [0.1, 0.15) is 65.2 Å². The van der Waals surface area contributed by atoms with Gasteiger partial charge in [0.15, 0.2) is 0 Å². The maximum absolute atomic E-state index is 13.5. The van der Waals surface area contributed by atoms with Gasteiger partial charge in [0, 0.05) is 31.1 Å². The third kappa shape index (κ3) is 5.89. The first-order chi connectivity index (χ1) is 18.8. The molecule has 1 unspecified atom stereocenters. The van der Waals surface area contributed by atoms with Gasteiger partial charge in [0.25, 0.3) is 11.8 Å². The van der Waals surface area contributed by atoms with Crippen LogP contribution >= 0.6 is 0 Å². The summed E-state index contributed by atoms with van der Waals surface area (Å²) in [6, 6.07) is 8.75. The van der Waals surface area contributed by atoms with Crippen LogP contribution in [-0.2, 0) is 32.3 Å². The van der Waals surface area contributed by atoms with Crippen LogP contribution in [0, 0.1) is 11.7 Å². The monoisotopic (exact) mass is 532 g/mol. The highest BCUT2D eigenvalue weighted by Crippen LogP contribution is 2.29. The fraction of sp³-hybridized carbons (Fsp3) is 0.345. The van der Waals surface area contributed by atoms with Gasteiger partial charge < -0.3 is 15.5 Å². The zero-order valence-electron chi connectivity index (χ0n) is 21.2. The Labute approximate surface area is 224 Å². The van der Waals surface area contributed by atoms with E-state index in [-0.39, 0.29) is 24.9 Å². The van der Waals surface area contributed by atoms with E-state index in [0.29, 0.717) is 29.0 Å². The van der Waals surface area contributed by atoms with Crippen molar-refractivity contribution in [2.24, 2.45) is 5.92 Å². The molecule has 3 N–H and O–H groups in total. The van der Waals surface area contributed by atoms with Crippen LogP contribution in [-0.4, -0.2) is 40.5 Å². The first kappa shape index (κ1) is 26.3. The largest absolute Gasteiger partial charge is 0.350 e. The predicted molar refractivity (Wildman–Crippen MR) is 138 cm³/mol. The van der Waals surface area contributed by atoms with Crippen molar-refractivity contribution in [2.75, 3.05) is 0 Å². The van der Waals surface area contributed by atoms with Gasteiger partial charge in [-0.2, -0.15) is 0 Å². The van der Waals surface area contributed by atoms with Crippen LogP contribution in [0.3, 0.4) is 0 Å². The Hall–Kier alpha value is -4.34. The summed E-state index contributed by atoms with van der Waals surface area (Å²) in [6.45, 7) is 0.316. The highest BCUT2D eigenvalue weighted by molar-refractivity contribution is 6.09. The summed E-state index contributed by atoms with van der Waals surface area (Å²) in [5, 5.41) is 7.86. The highest BCUT2D eigenvalue weighted by atomic mass is 19.1. The Morgan fingerprint density at radius 2 is 1.79 bits per heavy atom. The molecule has 2 aliphatic heterocycles. The summed E-state index contributed by atoms with van der Waals surface area (Å²) >= 11 is 0. The molecule has 0 aromatic heterocycles. The second-order valence-corrected chi connectivity index (χ2v) is 10.2. The van der Waals surface area contributed by atoms with E-state index in [0.717, 1.165) is 31.2 Å². The minimum absolute atomic E-state index is 0.134. The molecule has 0 radical (unpaired) electrons.